The molecule has 0 saturated heterocycles. The maximum absolute atomic E-state index is 12.3. The molecular formula is C18H14N2O7S2. The highest BCUT2D eigenvalue weighted by Crippen LogP contribution is 2.26. The Balaban J connectivity index is 2.20. The molecule has 0 saturated carbocycles. The summed E-state index contributed by atoms with van der Waals surface area (Å²) in [6.45, 7) is 8.34. The van der Waals surface area contributed by atoms with Crippen LogP contribution in [0.5, 0.6) is 0 Å². The minimum absolute atomic E-state index is 0.136. The first-order chi connectivity index (χ1) is 13.6. The molecule has 9 nitrogen and oxygen atoms in total. The largest absolute Gasteiger partial charge is 0.422 e. The molecule has 2 aromatic rings. The van der Waals surface area contributed by atoms with Crippen LogP contribution in [0.25, 0.3) is 21.9 Å². The van der Waals surface area contributed by atoms with Crippen LogP contribution in [0.2, 0.25) is 0 Å². The summed E-state index contributed by atoms with van der Waals surface area (Å²) in [5, 5.41) is -0.457. The topological polar surface area (TPSA) is 124 Å². The van der Waals surface area contributed by atoms with Crippen molar-refractivity contribution in [1.29, 1.82) is 0 Å². The molecule has 0 aliphatic carbocycles. The van der Waals surface area contributed by atoms with Gasteiger partial charge in [-0.2, -0.15) is 0 Å². The first-order valence-corrected chi connectivity index (χ1v) is 11.3. The van der Waals surface area contributed by atoms with Crippen LogP contribution in [0.15, 0.2) is 32.4 Å². The Morgan fingerprint density at radius 3 is 2.86 bits per heavy atom. The zero-order valence-corrected chi connectivity index (χ0v) is 16.7. The van der Waals surface area contributed by atoms with Gasteiger partial charge in [-0.3, -0.25) is 8.91 Å². The number of nitrogens with zero attached hydrogens (tertiary/aromatic N) is 1. The Labute approximate surface area is 167 Å². The van der Waals surface area contributed by atoms with E-state index in [1.54, 1.807) is 0 Å². The van der Waals surface area contributed by atoms with Crippen LogP contribution in [0.3, 0.4) is 0 Å². The Morgan fingerprint density at radius 1 is 1.41 bits per heavy atom. The van der Waals surface area contributed by atoms with Gasteiger partial charge in [-0.1, -0.05) is 11.8 Å². The molecule has 1 aliphatic heterocycles. The molecule has 0 unspecified atom stereocenters. The maximum atomic E-state index is 12.3. The number of hydrogen-bond acceptors (Lipinski definition) is 7. The van der Waals surface area contributed by atoms with Crippen LogP contribution in [0.4, 0.5) is 5.69 Å². The molecule has 1 N–H and O–H groups in total. The molecule has 0 spiro atoms. The van der Waals surface area contributed by atoms with Gasteiger partial charge >= 0.3 is 20.8 Å². The van der Waals surface area contributed by atoms with E-state index in [0.717, 1.165) is 6.08 Å². The lowest BCUT2D eigenvalue weighted by molar-refractivity contribution is 0.343. The Bertz CT molecular complexity index is 1400. The van der Waals surface area contributed by atoms with Crippen molar-refractivity contribution in [1.82, 2.24) is 0 Å². The van der Waals surface area contributed by atoms with Crippen molar-refractivity contribution in [3.63, 3.8) is 0 Å². The van der Waals surface area contributed by atoms with Gasteiger partial charge in [0, 0.05) is 11.8 Å². The lowest BCUT2D eigenvalue weighted by Gasteiger charge is -2.12. The van der Waals surface area contributed by atoms with Crippen molar-refractivity contribution in [2.75, 3.05) is 17.1 Å². The van der Waals surface area contributed by atoms with Crippen LogP contribution in [-0.2, 0) is 24.3 Å². The van der Waals surface area contributed by atoms with Crippen molar-refractivity contribution < 1.29 is 25.4 Å². The molecule has 0 amide bonds. The normalized spacial score (nSPS) is 15.8. The first kappa shape index (κ1) is 20.6. The number of anilines is 1. The van der Waals surface area contributed by atoms with Gasteiger partial charge in [0.05, 0.1) is 35.7 Å². The van der Waals surface area contributed by atoms with Crippen LogP contribution in [0.1, 0.15) is 24.5 Å². The van der Waals surface area contributed by atoms with Gasteiger partial charge in [0.15, 0.2) is 0 Å². The number of sulfonamides is 1. The van der Waals surface area contributed by atoms with E-state index in [1.165, 1.54) is 25.1 Å². The first-order valence-electron chi connectivity index (χ1n) is 8.25. The Kier molecular flexibility index (Phi) is 5.48. The summed E-state index contributed by atoms with van der Waals surface area (Å²) in [4.78, 5) is 15.2. The summed E-state index contributed by atoms with van der Waals surface area (Å²) in [5.41, 5.74) is -0.387. The third-order valence-corrected chi connectivity index (χ3v) is 6.34. The van der Waals surface area contributed by atoms with E-state index in [-0.39, 0.29) is 35.6 Å². The zero-order chi connectivity index (χ0) is 21.2. The number of hydrogen-bond donors (Lipinski definition) is 1. The fourth-order valence-corrected chi connectivity index (χ4v) is 4.33. The Hall–Kier alpha value is -3.12. The quantitative estimate of drug-likeness (QED) is 0.337. The van der Waals surface area contributed by atoms with Crippen LogP contribution >= 0.6 is 0 Å². The predicted octanol–water partition coefficient (Wildman–Crippen LogP) is 1.87. The highest BCUT2D eigenvalue weighted by Gasteiger charge is 2.21. The third-order valence-electron chi connectivity index (χ3n) is 3.80. The van der Waals surface area contributed by atoms with E-state index < -0.39 is 30.8 Å². The standard InChI is InChI=1S/C18H14N2O7S2/c1-3-26-29(24,25)17(19-2)11-14-8-13-9-15-12(10-16(13)27-18(14)21)6-4-5-7-28(22,23)20-15/h8-11,20H,3,5,7H2,1H3/b17-11-. The molecule has 0 atom stereocenters. The smallest absolute Gasteiger partial charge is 0.342 e. The second-order valence-electron chi connectivity index (χ2n) is 5.85. The number of fused-ring (bicyclic) bond motifs is 2. The number of rotatable bonds is 4. The number of nitrogens with one attached hydrogen (secondary N) is 1. The minimum Gasteiger partial charge on any atom is -0.422 e. The van der Waals surface area contributed by atoms with Crippen LogP contribution < -0.4 is 10.3 Å². The second-order valence-corrected chi connectivity index (χ2v) is 9.26. The third kappa shape index (κ3) is 4.49. The van der Waals surface area contributed by atoms with Crippen molar-refractivity contribution in [2.24, 2.45) is 0 Å². The lowest BCUT2D eigenvalue weighted by Crippen LogP contribution is -2.18. The average molecular weight is 434 g/mol. The van der Waals surface area contributed by atoms with Gasteiger partial charge < -0.3 is 4.42 Å². The summed E-state index contributed by atoms with van der Waals surface area (Å²) in [7, 11) is -7.90. The highest BCUT2D eigenvalue weighted by atomic mass is 32.2. The minimum atomic E-state index is -4.31. The fourth-order valence-electron chi connectivity index (χ4n) is 2.54. The van der Waals surface area contributed by atoms with Crippen molar-refractivity contribution in [3.05, 3.63) is 56.2 Å². The van der Waals surface area contributed by atoms with Crippen molar-refractivity contribution >= 4 is 42.9 Å². The van der Waals surface area contributed by atoms with Gasteiger partial charge in [0.25, 0.3) is 0 Å². The molecule has 0 fully saturated rings. The van der Waals surface area contributed by atoms with E-state index in [0.29, 0.717) is 10.9 Å². The van der Waals surface area contributed by atoms with E-state index >= 15 is 0 Å². The molecule has 11 heteroatoms. The van der Waals surface area contributed by atoms with Crippen molar-refractivity contribution in [3.8, 4) is 11.8 Å². The van der Waals surface area contributed by atoms with Gasteiger partial charge in [-0.05, 0) is 31.2 Å². The van der Waals surface area contributed by atoms with Gasteiger partial charge in [0.2, 0.25) is 10.0 Å². The van der Waals surface area contributed by atoms with E-state index in [4.69, 9.17) is 11.0 Å². The molecule has 29 heavy (non-hydrogen) atoms. The monoisotopic (exact) mass is 434 g/mol. The Morgan fingerprint density at radius 2 is 2.17 bits per heavy atom. The van der Waals surface area contributed by atoms with E-state index in [1.807, 2.05) is 0 Å². The summed E-state index contributed by atoms with van der Waals surface area (Å²) in [5.74, 6) is 5.40. The SMILES string of the molecule is [C-]#[N+]/C(=C/c1cc2cc3c(cc2oc1=O)C#CCCS(=O)(=O)N3)S(=O)(=O)OCC. The van der Waals surface area contributed by atoms with Gasteiger partial charge in [-0.15, -0.1) is 0 Å². The fraction of sp³-hybridized carbons (Fsp3) is 0.222. The average Bonchev–Trinajstić information content (AvgIpc) is 2.62. The second kappa shape index (κ2) is 7.72. The molecule has 1 aromatic heterocycles. The molecule has 150 valence electrons. The highest BCUT2D eigenvalue weighted by molar-refractivity contribution is 7.92. The molecule has 0 bridgehead atoms. The van der Waals surface area contributed by atoms with Crippen LogP contribution in [0, 0.1) is 18.4 Å². The molecular weight excluding hydrogens is 420 g/mol. The molecule has 0 radical (unpaired) electrons. The van der Waals surface area contributed by atoms with Gasteiger partial charge in [0.1, 0.15) is 5.58 Å². The van der Waals surface area contributed by atoms with E-state index in [9.17, 15) is 21.6 Å². The summed E-state index contributed by atoms with van der Waals surface area (Å²) >= 11 is 0. The van der Waals surface area contributed by atoms with Crippen LogP contribution in [-0.4, -0.2) is 29.2 Å². The van der Waals surface area contributed by atoms with Crippen molar-refractivity contribution in [2.45, 2.75) is 13.3 Å². The number of benzene rings is 1. The lowest BCUT2D eigenvalue weighted by atomic mass is 10.1. The molecule has 1 aliphatic rings. The molecule has 3 rings (SSSR count). The zero-order valence-electron chi connectivity index (χ0n) is 15.1. The van der Waals surface area contributed by atoms with Gasteiger partial charge in [-0.25, -0.2) is 26.5 Å². The molecule has 2 heterocycles. The predicted molar refractivity (Wildman–Crippen MR) is 107 cm³/mol. The van der Waals surface area contributed by atoms with E-state index in [2.05, 4.69) is 25.6 Å². The maximum Gasteiger partial charge on any atom is 0.342 e. The summed E-state index contributed by atoms with van der Waals surface area (Å²) < 4.78 is 60.2. The molecule has 1 aromatic carbocycles. The summed E-state index contributed by atoms with van der Waals surface area (Å²) in [6, 6.07) is 4.15. The summed E-state index contributed by atoms with van der Waals surface area (Å²) in [6.07, 6.45) is 1.01.